The molecule has 2 aromatic rings. The number of carbonyl (C=O) groups excluding carboxylic acids is 5. The predicted molar refractivity (Wildman–Crippen MR) is 142 cm³/mol. The van der Waals surface area contributed by atoms with Crippen molar-refractivity contribution in [3.63, 3.8) is 0 Å². The Hall–Kier alpha value is -3.45. The van der Waals surface area contributed by atoms with Crippen LogP contribution < -0.4 is 0 Å². The van der Waals surface area contributed by atoms with Crippen LogP contribution in [0.25, 0.3) is 0 Å². The molecule has 39 heavy (non-hydrogen) atoms. The molecule has 4 rings (SSSR count). The van der Waals surface area contributed by atoms with Crippen LogP contribution in [-0.2, 0) is 38.3 Å². The topological polar surface area (TPSA) is 120 Å². The van der Waals surface area contributed by atoms with Crippen LogP contribution in [0.5, 0.6) is 0 Å². The Morgan fingerprint density at radius 2 is 1.18 bits per heavy atom. The van der Waals surface area contributed by atoms with Gasteiger partial charge in [-0.15, -0.1) is 5.06 Å². The molecule has 0 atom stereocenters. The second-order valence-corrected chi connectivity index (χ2v) is 10.4. The van der Waals surface area contributed by atoms with E-state index in [4.69, 9.17) is 14.3 Å². The molecular formula is C27H26N2O8S2. The molecule has 0 saturated carbocycles. The maximum atomic E-state index is 13.2. The highest BCUT2D eigenvalue weighted by Crippen LogP contribution is 2.42. The van der Waals surface area contributed by atoms with Gasteiger partial charge in [0.15, 0.2) is 0 Å². The summed E-state index contributed by atoms with van der Waals surface area (Å²) < 4.78 is 10.9. The average molecular weight is 571 g/mol. The van der Waals surface area contributed by atoms with E-state index in [-0.39, 0.29) is 64.0 Å². The molecule has 10 nitrogen and oxygen atoms in total. The Balaban J connectivity index is 1.20. The Morgan fingerprint density at radius 3 is 1.69 bits per heavy atom. The molecule has 1 fully saturated rings. The van der Waals surface area contributed by atoms with Crippen LogP contribution in [0.4, 0.5) is 0 Å². The molecule has 2 heterocycles. The number of hydroxylamine groups is 2. The number of nitrogens with zero attached hydrogens (tertiary/aromatic N) is 2. The van der Waals surface area contributed by atoms with Crippen molar-refractivity contribution in [2.75, 3.05) is 33.0 Å². The minimum absolute atomic E-state index is 0.0194. The number of imide groups is 2. The molecular weight excluding hydrogens is 544 g/mol. The monoisotopic (exact) mass is 570 g/mol. The van der Waals surface area contributed by atoms with E-state index >= 15 is 0 Å². The van der Waals surface area contributed by atoms with Crippen molar-refractivity contribution in [2.45, 2.75) is 29.1 Å². The quantitative estimate of drug-likeness (QED) is 0.247. The van der Waals surface area contributed by atoms with Crippen LogP contribution in [0.3, 0.4) is 0 Å². The zero-order valence-electron chi connectivity index (χ0n) is 20.9. The maximum Gasteiger partial charge on any atom is 0.335 e. The average Bonchev–Trinajstić information content (AvgIpc) is 3.37. The number of carbonyl (C=O) groups is 5. The van der Waals surface area contributed by atoms with E-state index in [0.717, 1.165) is 9.79 Å². The van der Waals surface area contributed by atoms with Crippen LogP contribution in [0.2, 0.25) is 0 Å². The lowest BCUT2D eigenvalue weighted by Gasteiger charge is -2.15. The summed E-state index contributed by atoms with van der Waals surface area (Å²) >= 11 is 2.53. The Bertz CT molecular complexity index is 1170. The predicted octanol–water partition coefficient (Wildman–Crippen LogP) is 3.18. The van der Waals surface area contributed by atoms with Gasteiger partial charge in [-0.05, 0) is 24.3 Å². The lowest BCUT2D eigenvalue weighted by Crippen LogP contribution is -2.34. The highest BCUT2D eigenvalue weighted by Gasteiger charge is 2.39. The summed E-state index contributed by atoms with van der Waals surface area (Å²) in [5, 5.41) is 0.495. The largest absolute Gasteiger partial charge is 0.378 e. The summed E-state index contributed by atoms with van der Waals surface area (Å²) in [4.78, 5) is 69.5. The van der Waals surface area contributed by atoms with Crippen molar-refractivity contribution in [2.24, 2.45) is 0 Å². The van der Waals surface area contributed by atoms with Gasteiger partial charge in [0.1, 0.15) is 0 Å². The number of amides is 4. The first-order valence-electron chi connectivity index (χ1n) is 12.2. The number of thioether (sulfide) groups is 2. The standard InChI is InChI=1S/C27H26N2O8S2/c30-21-11-12-22(31)29(21)37-23(32)13-15-35-17-18-36-16-14-28-26(33)24(38-19-7-3-1-4-8-19)25(27(28)34)39-20-9-5-2-6-10-20/h1-10H,11-18H2. The van der Waals surface area contributed by atoms with Crippen molar-refractivity contribution < 1.29 is 38.3 Å². The van der Waals surface area contributed by atoms with Crippen molar-refractivity contribution in [1.82, 2.24) is 9.96 Å². The fraction of sp³-hybridized carbons (Fsp3) is 0.296. The van der Waals surface area contributed by atoms with Crippen molar-refractivity contribution in [3.05, 3.63) is 70.5 Å². The van der Waals surface area contributed by atoms with Gasteiger partial charge >= 0.3 is 5.97 Å². The number of benzene rings is 2. The molecule has 0 aromatic heterocycles. The third-order valence-electron chi connectivity index (χ3n) is 5.49. The molecule has 0 aliphatic carbocycles. The molecule has 12 heteroatoms. The van der Waals surface area contributed by atoms with Gasteiger partial charge in [0.2, 0.25) is 0 Å². The summed E-state index contributed by atoms with van der Waals surface area (Å²) in [7, 11) is 0. The fourth-order valence-electron chi connectivity index (χ4n) is 3.57. The SMILES string of the molecule is O=C(CCOCCOCCN1C(=O)C(Sc2ccccc2)=C(Sc2ccccc2)C1=O)ON1C(=O)CCC1=O. The van der Waals surface area contributed by atoms with E-state index in [1.54, 1.807) is 0 Å². The summed E-state index contributed by atoms with van der Waals surface area (Å²) in [6.07, 6.45) is -0.0702. The van der Waals surface area contributed by atoms with Gasteiger partial charge < -0.3 is 14.3 Å². The summed E-state index contributed by atoms with van der Waals surface area (Å²) in [6, 6.07) is 18.8. The lowest BCUT2D eigenvalue weighted by atomic mass is 10.4. The fourth-order valence-corrected chi connectivity index (χ4v) is 5.63. The molecule has 0 bridgehead atoms. The van der Waals surface area contributed by atoms with Crippen LogP contribution in [-0.4, -0.2) is 72.5 Å². The van der Waals surface area contributed by atoms with Crippen molar-refractivity contribution in [1.29, 1.82) is 0 Å². The smallest absolute Gasteiger partial charge is 0.335 e. The first-order chi connectivity index (χ1) is 18.9. The third-order valence-corrected chi connectivity index (χ3v) is 7.80. The van der Waals surface area contributed by atoms with Crippen LogP contribution in [0, 0.1) is 0 Å². The van der Waals surface area contributed by atoms with E-state index in [0.29, 0.717) is 14.9 Å². The number of hydrogen-bond acceptors (Lipinski definition) is 10. The molecule has 0 N–H and O–H groups in total. The number of hydrogen-bond donors (Lipinski definition) is 0. The minimum atomic E-state index is -0.744. The molecule has 1 saturated heterocycles. The highest BCUT2D eigenvalue weighted by molar-refractivity contribution is 8.08. The van der Waals surface area contributed by atoms with Crippen LogP contribution in [0.1, 0.15) is 19.3 Å². The van der Waals surface area contributed by atoms with E-state index in [1.807, 2.05) is 60.7 Å². The summed E-state index contributed by atoms with van der Waals surface area (Å²) in [5.41, 5.74) is 0. The zero-order chi connectivity index (χ0) is 27.6. The maximum absolute atomic E-state index is 13.2. The first kappa shape index (κ1) is 28.6. The molecule has 2 aromatic carbocycles. The third kappa shape index (κ3) is 7.79. The van der Waals surface area contributed by atoms with Crippen LogP contribution in [0.15, 0.2) is 80.3 Å². The first-order valence-corrected chi connectivity index (χ1v) is 13.9. The zero-order valence-corrected chi connectivity index (χ0v) is 22.5. The molecule has 0 unspecified atom stereocenters. The van der Waals surface area contributed by atoms with Crippen molar-refractivity contribution >= 4 is 53.1 Å². The molecule has 2 aliphatic rings. The Morgan fingerprint density at radius 1 is 0.692 bits per heavy atom. The van der Waals surface area contributed by atoms with E-state index in [9.17, 15) is 24.0 Å². The lowest BCUT2D eigenvalue weighted by molar-refractivity contribution is -0.198. The van der Waals surface area contributed by atoms with Crippen LogP contribution >= 0.6 is 23.5 Å². The van der Waals surface area contributed by atoms with Gasteiger partial charge in [-0.25, -0.2) is 4.79 Å². The van der Waals surface area contributed by atoms with Crippen molar-refractivity contribution in [3.8, 4) is 0 Å². The Kier molecular flexibility index (Phi) is 10.3. The van der Waals surface area contributed by atoms with Gasteiger partial charge in [0, 0.05) is 22.6 Å². The normalized spacial score (nSPS) is 15.6. The van der Waals surface area contributed by atoms with Gasteiger partial charge in [-0.3, -0.25) is 24.1 Å². The minimum Gasteiger partial charge on any atom is -0.378 e. The molecule has 0 spiro atoms. The van der Waals surface area contributed by atoms with Gasteiger partial charge in [-0.1, -0.05) is 59.9 Å². The van der Waals surface area contributed by atoms with E-state index < -0.39 is 17.8 Å². The van der Waals surface area contributed by atoms with E-state index in [2.05, 4.69) is 0 Å². The number of rotatable bonds is 14. The van der Waals surface area contributed by atoms with E-state index in [1.165, 1.54) is 28.4 Å². The Labute approximate surface area is 233 Å². The van der Waals surface area contributed by atoms with Gasteiger partial charge in [0.25, 0.3) is 23.6 Å². The molecule has 4 amide bonds. The second kappa shape index (κ2) is 14.1. The molecule has 204 valence electrons. The summed E-state index contributed by atoms with van der Waals surface area (Å²) in [6.45, 7) is 0.568. The van der Waals surface area contributed by atoms with Gasteiger partial charge in [0.05, 0.1) is 49.2 Å². The second-order valence-electron chi connectivity index (χ2n) is 8.27. The van der Waals surface area contributed by atoms with Gasteiger partial charge in [-0.2, -0.15) is 0 Å². The number of ether oxygens (including phenoxy) is 2. The summed E-state index contributed by atoms with van der Waals surface area (Å²) in [5.74, 6) is -2.54. The highest BCUT2D eigenvalue weighted by atomic mass is 32.2. The molecule has 2 aliphatic heterocycles. The molecule has 0 radical (unpaired) electrons.